The maximum absolute atomic E-state index is 14.3. The molecule has 0 amide bonds. The Kier molecular flexibility index (Phi) is 5.87. The van der Waals surface area contributed by atoms with Gasteiger partial charge in [0.2, 0.25) is 5.82 Å². The average molecular weight is 449 g/mol. The average Bonchev–Trinajstić information content (AvgIpc) is 3.51. The molecule has 162 valence electrons. The maximum atomic E-state index is 14.3. The summed E-state index contributed by atoms with van der Waals surface area (Å²) in [5.74, 6) is -13.2. The molecule has 1 saturated carbocycles. The third-order valence-corrected chi connectivity index (χ3v) is 6.68. The number of hydrogen-bond donors (Lipinski definition) is 0. The number of sulfonamides is 1. The van der Waals surface area contributed by atoms with Gasteiger partial charge in [-0.3, -0.25) is 4.79 Å². The largest absolute Gasteiger partial charge is 0.465 e. The highest BCUT2D eigenvalue weighted by atomic mass is 32.2. The van der Waals surface area contributed by atoms with Gasteiger partial charge in [0, 0.05) is 6.54 Å². The monoisotopic (exact) mass is 449 g/mol. The predicted octanol–water partition coefficient (Wildman–Crippen LogP) is 3.67. The summed E-state index contributed by atoms with van der Waals surface area (Å²) in [5, 5.41) is 0. The zero-order chi connectivity index (χ0) is 22.3. The Morgan fingerprint density at radius 1 is 0.967 bits per heavy atom. The van der Waals surface area contributed by atoms with E-state index in [9.17, 15) is 35.2 Å². The topological polar surface area (TPSA) is 63.7 Å². The molecule has 0 aliphatic heterocycles. The molecule has 1 fully saturated rings. The van der Waals surface area contributed by atoms with E-state index in [1.807, 2.05) is 0 Å². The number of halogens is 5. The molecule has 0 unspecified atom stereocenters. The third-order valence-electron chi connectivity index (χ3n) is 4.74. The van der Waals surface area contributed by atoms with Crippen LogP contribution in [0.15, 0.2) is 35.2 Å². The number of carbonyl (C=O) groups is 1. The second kappa shape index (κ2) is 7.95. The minimum Gasteiger partial charge on any atom is -0.465 e. The van der Waals surface area contributed by atoms with Crippen LogP contribution in [0.1, 0.15) is 25.3 Å². The zero-order valence-corrected chi connectivity index (χ0v) is 16.4. The summed E-state index contributed by atoms with van der Waals surface area (Å²) in [5.41, 5.74) is -1.47. The molecule has 0 aromatic heterocycles. The van der Waals surface area contributed by atoms with Crippen LogP contribution in [0.3, 0.4) is 0 Å². The summed E-state index contributed by atoms with van der Waals surface area (Å²) in [6.07, 6.45) is -0.0689. The molecule has 5 nitrogen and oxygen atoms in total. The van der Waals surface area contributed by atoms with Gasteiger partial charge in [0.05, 0.1) is 6.61 Å². The highest BCUT2D eigenvalue weighted by Gasteiger charge is 2.61. The lowest BCUT2D eigenvalue weighted by Crippen LogP contribution is -2.48. The second-order valence-electron chi connectivity index (χ2n) is 6.65. The smallest absolute Gasteiger partial charge is 0.327 e. The quantitative estimate of drug-likeness (QED) is 0.280. The van der Waals surface area contributed by atoms with Gasteiger partial charge in [-0.15, -0.1) is 0 Å². The van der Waals surface area contributed by atoms with Crippen molar-refractivity contribution in [2.24, 2.45) is 0 Å². The Labute approximate surface area is 169 Å². The van der Waals surface area contributed by atoms with E-state index in [1.54, 1.807) is 18.2 Å². The fourth-order valence-electron chi connectivity index (χ4n) is 3.08. The Bertz CT molecular complexity index is 1060. The molecule has 3 rings (SSSR count). The predicted molar refractivity (Wildman–Crippen MR) is 94.0 cm³/mol. The first kappa shape index (κ1) is 22.2. The molecular formula is C19H16F5NO4S. The Hall–Kier alpha value is -2.53. The molecule has 0 bridgehead atoms. The summed E-state index contributed by atoms with van der Waals surface area (Å²) in [6, 6.07) is 7.72. The van der Waals surface area contributed by atoms with E-state index in [0.29, 0.717) is 9.87 Å². The van der Waals surface area contributed by atoms with E-state index >= 15 is 0 Å². The molecule has 0 spiro atoms. The molecule has 0 atom stereocenters. The summed E-state index contributed by atoms with van der Waals surface area (Å²) in [4.78, 5) is 10.5. The van der Waals surface area contributed by atoms with Crippen LogP contribution in [-0.4, -0.2) is 30.8 Å². The van der Waals surface area contributed by atoms with E-state index in [0.717, 1.165) is 0 Å². The fraction of sp³-hybridized carbons (Fsp3) is 0.316. The standard InChI is InChI=1S/C19H16F5NO4S/c1-2-29-18(26)19(8-9-19)25(10-11-6-4-3-5-7-11)30(27,28)17-15(23)13(21)12(20)14(22)16(17)24/h3-7H,2,8-10H2,1H3. The maximum Gasteiger partial charge on any atom is 0.327 e. The van der Waals surface area contributed by atoms with Crippen molar-refractivity contribution in [3.8, 4) is 0 Å². The number of carbonyl (C=O) groups excluding carboxylic acids is 1. The third kappa shape index (κ3) is 3.56. The van der Waals surface area contributed by atoms with Crippen LogP contribution in [0, 0.1) is 29.1 Å². The van der Waals surface area contributed by atoms with Gasteiger partial charge in [-0.25, -0.2) is 30.4 Å². The highest BCUT2D eigenvalue weighted by Crippen LogP contribution is 2.47. The number of esters is 1. The van der Waals surface area contributed by atoms with Crippen LogP contribution in [0.25, 0.3) is 0 Å². The number of hydrogen-bond acceptors (Lipinski definition) is 4. The molecule has 11 heteroatoms. The zero-order valence-electron chi connectivity index (χ0n) is 15.6. The molecule has 0 heterocycles. The molecular weight excluding hydrogens is 433 g/mol. The number of ether oxygens (including phenoxy) is 1. The van der Waals surface area contributed by atoms with Gasteiger partial charge in [-0.05, 0) is 25.3 Å². The van der Waals surface area contributed by atoms with Crippen molar-refractivity contribution in [1.82, 2.24) is 4.31 Å². The van der Waals surface area contributed by atoms with Gasteiger partial charge < -0.3 is 4.74 Å². The van der Waals surface area contributed by atoms with Crippen molar-refractivity contribution in [1.29, 1.82) is 0 Å². The van der Waals surface area contributed by atoms with Gasteiger partial charge in [-0.1, -0.05) is 30.3 Å². The minimum atomic E-state index is -5.35. The summed E-state index contributed by atoms with van der Waals surface area (Å²) >= 11 is 0. The molecule has 0 saturated heterocycles. The molecule has 2 aromatic carbocycles. The van der Waals surface area contributed by atoms with Crippen LogP contribution in [0.4, 0.5) is 22.0 Å². The van der Waals surface area contributed by atoms with E-state index in [4.69, 9.17) is 4.74 Å². The van der Waals surface area contributed by atoms with Gasteiger partial charge in [-0.2, -0.15) is 4.31 Å². The number of rotatable bonds is 7. The van der Waals surface area contributed by atoms with Crippen molar-refractivity contribution in [2.45, 2.75) is 36.7 Å². The van der Waals surface area contributed by atoms with Crippen LogP contribution in [0.5, 0.6) is 0 Å². The molecule has 1 aliphatic carbocycles. The first-order chi connectivity index (χ1) is 14.1. The van der Waals surface area contributed by atoms with E-state index < -0.39 is 62.1 Å². The molecule has 2 aromatic rings. The molecule has 0 N–H and O–H groups in total. The first-order valence-electron chi connectivity index (χ1n) is 8.83. The summed E-state index contributed by atoms with van der Waals surface area (Å²) in [7, 11) is -5.35. The second-order valence-corrected chi connectivity index (χ2v) is 8.45. The Morgan fingerprint density at radius 2 is 1.47 bits per heavy atom. The van der Waals surface area contributed by atoms with Crippen molar-refractivity contribution in [2.75, 3.05) is 6.61 Å². The SMILES string of the molecule is CCOC(=O)C1(N(Cc2ccccc2)S(=O)(=O)c2c(F)c(F)c(F)c(F)c2F)CC1. The Morgan fingerprint density at radius 3 is 1.93 bits per heavy atom. The van der Waals surface area contributed by atoms with E-state index in [1.165, 1.54) is 19.1 Å². The van der Waals surface area contributed by atoms with E-state index in [2.05, 4.69) is 0 Å². The van der Waals surface area contributed by atoms with Crippen LogP contribution in [-0.2, 0) is 26.1 Å². The number of nitrogens with zero attached hydrogens (tertiary/aromatic N) is 1. The highest BCUT2D eigenvalue weighted by molar-refractivity contribution is 7.89. The summed E-state index contributed by atoms with van der Waals surface area (Å²) in [6.45, 7) is 0.845. The molecule has 1 aliphatic rings. The van der Waals surface area contributed by atoms with Crippen molar-refractivity contribution in [3.63, 3.8) is 0 Å². The lowest BCUT2D eigenvalue weighted by atomic mass is 10.2. The van der Waals surface area contributed by atoms with Crippen LogP contribution >= 0.6 is 0 Å². The number of benzene rings is 2. The normalized spacial score (nSPS) is 15.3. The van der Waals surface area contributed by atoms with Crippen molar-refractivity contribution in [3.05, 3.63) is 65.0 Å². The van der Waals surface area contributed by atoms with Gasteiger partial charge >= 0.3 is 5.97 Å². The summed E-state index contributed by atoms with van der Waals surface area (Å²) < 4.78 is 101. The van der Waals surface area contributed by atoms with Gasteiger partial charge in [0.25, 0.3) is 10.0 Å². The molecule has 0 radical (unpaired) electrons. The lowest BCUT2D eigenvalue weighted by molar-refractivity contribution is -0.149. The minimum absolute atomic E-state index is 0.0344. The van der Waals surface area contributed by atoms with Crippen molar-refractivity contribution < 1.29 is 39.9 Å². The fourth-order valence-corrected chi connectivity index (χ4v) is 4.96. The molecule has 30 heavy (non-hydrogen) atoms. The first-order valence-corrected chi connectivity index (χ1v) is 10.3. The van der Waals surface area contributed by atoms with Gasteiger partial charge in [0.15, 0.2) is 28.2 Å². The van der Waals surface area contributed by atoms with Crippen LogP contribution in [0.2, 0.25) is 0 Å². The Balaban J connectivity index is 2.21. The lowest BCUT2D eigenvalue weighted by Gasteiger charge is -2.30. The van der Waals surface area contributed by atoms with Crippen molar-refractivity contribution >= 4 is 16.0 Å². The van der Waals surface area contributed by atoms with E-state index in [-0.39, 0.29) is 19.4 Å². The van der Waals surface area contributed by atoms with Crippen LogP contribution < -0.4 is 0 Å². The van der Waals surface area contributed by atoms with Gasteiger partial charge in [0.1, 0.15) is 5.54 Å².